The molecular weight excluding hydrogens is 392 g/mol. The van der Waals surface area contributed by atoms with Crippen LogP contribution in [0.25, 0.3) is 0 Å². The summed E-state index contributed by atoms with van der Waals surface area (Å²) in [6.45, 7) is 0. The number of rotatable bonds is 6. The number of nitrogens with zero attached hydrogens (tertiary/aromatic N) is 2. The zero-order valence-electron chi connectivity index (χ0n) is 14.2. The summed E-state index contributed by atoms with van der Waals surface area (Å²) in [6.07, 6.45) is 3.44. The number of anilines is 2. The van der Waals surface area contributed by atoms with Crippen molar-refractivity contribution in [1.29, 1.82) is 0 Å². The molecule has 1 aromatic heterocycles. The van der Waals surface area contributed by atoms with Crippen LogP contribution in [0, 0.1) is 5.92 Å². The Hall–Kier alpha value is -2.53. The van der Waals surface area contributed by atoms with Crippen LogP contribution >= 0.6 is 0 Å². The number of carbonyl (C=O) groups excluding carboxylic acids is 1. The predicted molar refractivity (Wildman–Crippen MR) is 99.3 cm³/mol. The Kier molecular flexibility index (Phi) is 5.42. The summed E-state index contributed by atoms with van der Waals surface area (Å²) in [7, 11) is -6.87. The molecule has 0 radical (unpaired) electrons. The number of hydrogen-bond acceptors (Lipinski definition) is 7. The first kappa shape index (κ1) is 19.2. The molecular formula is C16H18N4O5S2. The molecule has 1 aliphatic heterocycles. The molecule has 0 unspecified atom stereocenters. The number of benzene rings is 1. The van der Waals surface area contributed by atoms with Crippen LogP contribution in [0.5, 0.6) is 0 Å². The van der Waals surface area contributed by atoms with E-state index in [1.54, 1.807) is 6.07 Å². The van der Waals surface area contributed by atoms with Crippen molar-refractivity contribution in [2.45, 2.75) is 17.7 Å². The molecule has 2 heterocycles. The van der Waals surface area contributed by atoms with Crippen molar-refractivity contribution in [3.63, 3.8) is 0 Å². The summed E-state index contributed by atoms with van der Waals surface area (Å²) in [4.78, 5) is 19.7. The average molecular weight is 410 g/mol. The molecule has 1 atom stereocenters. The van der Waals surface area contributed by atoms with Crippen LogP contribution in [0.2, 0.25) is 0 Å². The molecule has 0 saturated carbocycles. The normalized spacial score (nSPS) is 18.7. The molecule has 2 aromatic rings. The Morgan fingerprint density at radius 1 is 1.15 bits per heavy atom. The maximum Gasteiger partial charge on any atom is 0.264 e. The minimum atomic E-state index is -3.84. The van der Waals surface area contributed by atoms with E-state index in [1.165, 1.54) is 36.7 Å². The van der Waals surface area contributed by atoms with Gasteiger partial charge < -0.3 is 5.32 Å². The highest BCUT2D eigenvalue weighted by Crippen LogP contribution is 2.22. The van der Waals surface area contributed by atoms with Gasteiger partial charge in [-0.15, -0.1) is 0 Å². The van der Waals surface area contributed by atoms with Gasteiger partial charge in [0.05, 0.1) is 16.4 Å². The monoisotopic (exact) mass is 410 g/mol. The fraction of sp³-hybridized carbons (Fsp3) is 0.312. The Morgan fingerprint density at radius 3 is 2.41 bits per heavy atom. The van der Waals surface area contributed by atoms with Gasteiger partial charge in [0.15, 0.2) is 9.84 Å². The largest absolute Gasteiger partial charge is 0.326 e. The number of carbonyl (C=O) groups is 1. The second kappa shape index (κ2) is 7.61. The summed E-state index contributed by atoms with van der Waals surface area (Å²) in [6, 6.07) is 7.19. The van der Waals surface area contributed by atoms with E-state index in [2.05, 4.69) is 20.0 Å². The van der Waals surface area contributed by atoms with E-state index in [9.17, 15) is 21.6 Å². The highest BCUT2D eigenvalue weighted by atomic mass is 32.2. The SMILES string of the molecule is O=C(C[C@@H]1CCS(=O)(=O)C1)Nc1ccc(S(=O)(=O)Nc2ncccn2)cc1. The molecule has 1 aromatic carbocycles. The van der Waals surface area contributed by atoms with Crippen molar-refractivity contribution in [3.05, 3.63) is 42.7 Å². The predicted octanol–water partition coefficient (Wildman–Crippen LogP) is 1.04. The van der Waals surface area contributed by atoms with E-state index < -0.39 is 19.9 Å². The van der Waals surface area contributed by atoms with Gasteiger partial charge in [-0.3, -0.25) is 4.79 Å². The molecule has 144 valence electrons. The molecule has 0 bridgehead atoms. The van der Waals surface area contributed by atoms with Gasteiger partial charge in [0.25, 0.3) is 10.0 Å². The molecule has 9 nitrogen and oxygen atoms in total. The quantitative estimate of drug-likeness (QED) is 0.726. The third-order valence-corrected chi connectivity index (χ3v) is 7.22. The van der Waals surface area contributed by atoms with E-state index in [0.717, 1.165) is 0 Å². The highest BCUT2D eigenvalue weighted by molar-refractivity contribution is 7.92. The highest BCUT2D eigenvalue weighted by Gasteiger charge is 2.29. The zero-order valence-corrected chi connectivity index (χ0v) is 15.8. The van der Waals surface area contributed by atoms with Gasteiger partial charge >= 0.3 is 0 Å². The fourth-order valence-electron chi connectivity index (χ4n) is 2.76. The summed E-state index contributed by atoms with van der Waals surface area (Å²) < 4.78 is 49.7. The second-order valence-electron chi connectivity index (χ2n) is 6.22. The van der Waals surface area contributed by atoms with Crippen LogP contribution in [0.1, 0.15) is 12.8 Å². The third-order valence-electron chi connectivity index (χ3n) is 4.04. The molecule has 2 N–H and O–H groups in total. The minimum absolute atomic E-state index is 0.00478. The van der Waals surface area contributed by atoms with E-state index in [0.29, 0.717) is 12.1 Å². The molecule has 1 amide bonds. The van der Waals surface area contributed by atoms with Gasteiger partial charge in [-0.25, -0.2) is 31.5 Å². The van der Waals surface area contributed by atoms with Crippen LogP contribution in [0.15, 0.2) is 47.6 Å². The maximum absolute atomic E-state index is 12.3. The molecule has 0 spiro atoms. The van der Waals surface area contributed by atoms with Crippen LogP contribution in [0.4, 0.5) is 11.6 Å². The number of sulfonamides is 1. The van der Waals surface area contributed by atoms with Crippen molar-refractivity contribution >= 4 is 37.4 Å². The van der Waals surface area contributed by atoms with Crippen LogP contribution in [0.3, 0.4) is 0 Å². The lowest BCUT2D eigenvalue weighted by molar-refractivity contribution is -0.116. The summed E-state index contributed by atoms with van der Waals surface area (Å²) in [5.74, 6) is -0.366. The summed E-state index contributed by atoms with van der Waals surface area (Å²) >= 11 is 0. The van der Waals surface area contributed by atoms with Crippen LogP contribution in [-0.2, 0) is 24.7 Å². The Balaban J connectivity index is 1.60. The molecule has 1 fully saturated rings. The standard InChI is InChI=1S/C16H18N4O5S2/c21-15(10-12-6-9-26(22,23)11-12)19-13-2-4-14(5-3-13)27(24,25)20-16-17-7-1-8-18-16/h1-5,7-8,12H,6,9-11H2,(H,19,21)(H,17,18,20)/t12-/m0/s1. The van der Waals surface area contributed by atoms with E-state index >= 15 is 0 Å². The van der Waals surface area contributed by atoms with Gasteiger partial charge in [-0.1, -0.05) is 0 Å². The molecule has 1 aliphatic rings. The van der Waals surface area contributed by atoms with Crippen LogP contribution < -0.4 is 10.0 Å². The number of aromatic nitrogens is 2. The Bertz CT molecular complexity index is 1020. The molecule has 11 heteroatoms. The minimum Gasteiger partial charge on any atom is -0.326 e. The van der Waals surface area contributed by atoms with Crippen molar-refractivity contribution in [2.75, 3.05) is 21.5 Å². The Morgan fingerprint density at radius 2 is 1.81 bits per heavy atom. The number of amides is 1. The zero-order chi connectivity index (χ0) is 19.5. The van der Waals surface area contributed by atoms with Gasteiger partial charge in [-0.05, 0) is 42.7 Å². The topological polar surface area (TPSA) is 135 Å². The van der Waals surface area contributed by atoms with E-state index in [4.69, 9.17) is 0 Å². The number of sulfone groups is 1. The van der Waals surface area contributed by atoms with Crippen LogP contribution in [-0.4, -0.2) is 44.2 Å². The fourth-order valence-corrected chi connectivity index (χ4v) is 5.58. The van der Waals surface area contributed by atoms with Crippen molar-refractivity contribution in [2.24, 2.45) is 5.92 Å². The van der Waals surface area contributed by atoms with Gasteiger partial charge in [-0.2, -0.15) is 0 Å². The van der Waals surface area contributed by atoms with Crippen molar-refractivity contribution < 1.29 is 21.6 Å². The molecule has 1 saturated heterocycles. The van der Waals surface area contributed by atoms with Crippen molar-refractivity contribution in [1.82, 2.24) is 9.97 Å². The van der Waals surface area contributed by atoms with E-state index in [-0.39, 0.29) is 40.6 Å². The van der Waals surface area contributed by atoms with Gasteiger partial charge in [0.1, 0.15) is 0 Å². The first-order chi connectivity index (χ1) is 12.7. The van der Waals surface area contributed by atoms with E-state index in [1.807, 2.05) is 0 Å². The Labute approximate surface area is 157 Å². The van der Waals surface area contributed by atoms with Crippen molar-refractivity contribution in [3.8, 4) is 0 Å². The first-order valence-electron chi connectivity index (χ1n) is 8.14. The number of nitrogens with one attached hydrogen (secondary N) is 2. The second-order valence-corrected chi connectivity index (χ2v) is 10.1. The average Bonchev–Trinajstić information content (AvgIpc) is 2.94. The molecule has 27 heavy (non-hydrogen) atoms. The first-order valence-corrected chi connectivity index (χ1v) is 11.4. The summed E-state index contributed by atoms with van der Waals surface area (Å²) in [5, 5.41) is 2.65. The molecule has 0 aliphatic carbocycles. The lowest BCUT2D eigenvalue weighted by Gasteiger charge is -2.10. The lowest BCUT2D eigenvalue weighted by Crippen LogP contribution is -2.18. The molecule has 3 rings (SSSR count). The van der Waals surface area contributed by atoms with Gasteiger partial charge in [0.2, 0.25) is 11.9 Å². The number of hydrogen-bond donors (Lipinski definition) is 2. The van der Waals surface area contributed by atoms with Gasteiger partial charge in [0, 0.05) is 24.5 Å². The lowest BCUT2D eigenvalue weighted by atomic mass is 10.1. The third kappa shape index (κ3) is 5.23. The maximum atomic E-state index is 12.3. The smallest absolute Gasteiger partial charge is 0.264 e. The summed E-state index contributed by atoms with van der Waals surface area (Å²) in [5.41, 5.74) is 0.427.